The minimum Gasteiger partial charge on any atom is -0.494 e. The van der Waals surface area contributed by atoms with Crippen molar-refractivity contribution in [2.75, 3.05) is 7.11 Å². The number of allylic oxidation sites excluding steroid dienone is 4. The maximum Gasteiger partial charge on any atom is 0.223 e. The quantitative estimate of drug-likeness (QED) is 0.767. The molecule has 3 rings (SSSR count). The normalized spacial score (nSPS) is 14.9. The van der Waals surface area contributed by atoms with Gasteiger partial charge in [0, 0.05) is 11.6 Å². The third-order valence-corrected chi connectivity index (χ3v) is 3.76. The number of hydrogen-bond acceptors (Lipinski definition) is 3. The molecule has 0 spiro atoms. The van der Waals surface area contributed by atoms with E-state index in [4.69, 9.17) is 16.3 Å². The van der Waals surface area contributed by atoms with Gasteiger partial charge in [-0.2, -0.15) is 0 Å². The van der Waals surface area contributed by atoms with Crippen LogP contribution in [0.5, 0.6) is 5.75 Å². The first-order valence-electron chi connectivity index (χ1n) is 6.56. The van der Waals surface area contributed by atoms with Crippen molar-refractivity contribution in [3.8, 4) is 5.75 Å². The van der Waals surface area contributed by atoms with Gasteiger partial charge >= 0.3 is 0 Å². The molecule has 0 amide bonds. The van der Waals surface area contributed by atoms with Crippen LogP contribution < -0.4 is 4.74 Å². The van der Waals surface area contributed by atoms with Crippen molar-refractivity contribution in [2.24, 2.45) is 0 Å². The molecule has 0 atom stereocenters. The molecule has 0 unspecified atom stereocenters. The van der Waals surface area contributed by atoms with E-state index < -0.39 is 0 Å². The number of aromatic nitrogens is 2. The number of halogens is 1. The molecular weight excluding hydrogens is 272 g/mol. The molecule has 4 heteroatoms. The molecule has 0 aliphatic heterocycles. The Morgan fingerprint density at radius 2 is 2.15 bits per heavy atom. The van der Waals surface area contributed by atoms with Crippen molar-refractivity contribution in [3.63, 3.8) is 0 Å². The van der Waals surface area contributed by atoms with Crippen LogP contribution in [0.15, 0.2) is 36.1 Å². The molecule has 2 aromatic rings. The lowest BCUT2D eigenvalue weighted by Crippen LogP contribution is -1.95. The molecular formula is C16H15ClN2O. The summed E-state index contributed by atoms with van der Waals surface area (Å²) in [6.07, 6.45) is 8.33. The highest BCUT2D eigenvalue weighted by Gasteiger charge is 2.12. The van der Waals surface area contributed by atoms with Crippen molar-refractivity contribution in [1.29, 1.82) is 0 Å². The summed E-state index contributed by atoms with van der Waals surface area (Å²) in [7, 11) is 1.65. The molecule has 0 saturated carbocycles. The second kappa shape index (κ2) is 5.25. The summed E-state index contributed by atoms with van der Waals surface area (Å²) in [5.74, 6) is 0.723. The molecule has 1 aliphatic carbocycles. The lowest BCUT2D eigenvalue weighted by atomic mass is 9.92. The van der Waals surface area contributed by atoms with E-state index in [1.165, 1.54) is 11.1 Å². The second-order valence-corrected chi connectivity index (χ2v) is 5.23. The Morgan fingerprint density at radius 1 is 1.30 bits per heavy atom. The fraction of sp³-hybridized carbons (Fsp3) is 0.250. The molecule has 0 radical (unpaired) electrons. The van der Waals surface area contributed by atoms with Gasteiger partial charge in [0.2, 0.25) is 5.28 Å². The van der Waals surface area contributed by atoms with Gasteiger partial charge in [0.25, 0.3) is 0 Å². The predicted molar refractivity (Wildman–Crippen MR) is 82.1 cm³/mol. The molecule has 3 nitrogen and oxygen atoms in total. The zero-order valence-electron chi connectivity index (χ0n) is 11.5. The zero-order chi connectivity index (χ0) is 14.1. The number of rotatable bonds is 2. The fourth-order valence-electron chi connectivity index (χ4n) is 2.52. The lowest BCUT2D eigenvalue weighted by molar-refractivity contribution is 0.418. The van der Waals surface area contributed by atoms with Crippen LogP contribution in [0.1, 0.15) is 25.3 Å². The maximum absolute atomic E-state index is 5.86. The van der Waals surface area contributed by atoms with E-state index in [1.54, 1.807) is 13.3 Å². The monoisotopic (exact) mass is 286 g/mol. The first-order valence-corrected chi connectivity index (χ1v) is 6.94. The summed E-state index contributed by atoms with van der Waals surface area (Å²) in [5.41, 5.74) is 4.53. The average Bonchev–Trinajstić information content (AvgIpc) is 2.46. The number of nitrogens with zero attached hydrogens (tertiary/aromatic N) is 2. The van der Waals surface area contributed by atoms with E-state index in [-0.39, 0.29) is 5.28 Å². The highest BCUT2D eigenvalue weighted by molar-refractivity contribution is 6.28. The highest BCUT2D eigenvalue weighted by atomic mass is 35.5. The number of ether oxygens (including phenoxy) is 1. The smallest absolute Gasteiger partial charge is 0.223 e. The summed E-state index contributed by atoms with van der Waals surface area (Å²) >= 11 is 5.86. The van der Waals surface area contributed by atoms with Gasteiger partial charge in [0.05, 0.1) is 7.11 Å². The van der Waals surface area contributed by atoms with Crippen LogP contribution >= 0.6 is 11.6 Å². The van der Waals surface area contributed by atoms with Gasteiger partial charge in [-0.3, -0.25) is 0 Å². The predicted octanol–water partition coefficient (Wildman–Crippen LogP) is 4.42. The van der Waals surface area contributed by atoms with Gasteiger partial charge in [-0.25, -0.2) is 9.97 Å². The molecule has 0 fully saturated rings. The van der Waals surface area contributed by atoms with Crippen LogP contribution in [0.25, 0.3) is 16.5 Å². The molecule has 1 heterocycles. The van der Waals surface area contributed by atoms with Crippen molar-refractivity contribution >= 4 is 28.1 Å². The van der Waals surface area contributed by atoms with Crippen LogP contribution in [0.3, 0.4) is 0 Å². The van der Waals surface area contributed by atoms with Crippen LogP contribution in [0.4, 0.5) is 0 Å². The summed E-state index contributed by atoms with van der Waals surface area (Å²) in [5, 5.41) is 1.17. The topological polar surface area (TPSA) is 35.0 Å². The zero-order valence-corrected chi connectivity index (χ0v) is 12.2. The van der Waals surface area contributed by atoms with Gasteiger partial charge < -0.3 is 4.74 Å². The molecule has 1 aromatic carbocycles. The van der Waals surface area contributed by atoms with Crippen molar-refractivity contribution in [1.82, 2.24) is 9.97 Å². The van der Waals surface area contributed by atoms with Gasteiger partial charge in [0.1, 0.15) is 11.3 Å². The van der Waals surface area contributed by atoms with Crippen molar-refractivity contribution in [3.05, 3.63) is 46.9 Å². The highest BCUT2D eigenvalue weighted by Crippen LogP contribution is 2.33. The number of benzene rings is 1. The van der Waals surface area contributed by atoms with Gasteiger partial charge in [-0.05, 0) is 54.6 Å². The number of methoxy groups -OCH3 is 1. The van der Waals surface area contributed by atoms with Gasteiger partial charge in [-0.15, -0.1) is 0 Å². The van der Waals surface area contributed by atoms with E-state index in [0.717, 1.165) is 35.1 Å². The standard InChI is InChI=1S/C16H15ClN2O/c1-10-5-3-4-6-13(10)11-7-12-9-18-16(17)19-15(12)14(8-11)20-2/h4,6-9H,3,5H2,1-2H3. The number of hydrogen-bond donors (Lipinski definition) is 0. The molecule has 1 aromatic heterocycles. The number of fused-ring (bicyclic) bond motifs is 1. The maximum atomic E-state index is 5.86. The van der Waals surface area contributed by atoms with Crippen LogP contribution in [0.2, 0.25) is 5.28 Å². The minimum atomic E-state index is 0.233. The third kappa shape index (κ3) is 2.29. The largest absolute Gasteiger partial charge is 0.494 e. The third-order valence-electron chi connectivity index (χ3n) is 3.58. The Labute approximate surface area is 123 Å². The van der Waals surface area contributed by atoms with E-state index in [9.17, 15) is 0 Å². The SMILES string of the molecule is COc1cc(C2=C(C)CCC=C2)cc2cnc(Cl)nc12. The lowest BCUT2D eigenvalue weighted by Gasteiger charge is -2.15. The summed E-state index contributed by atoms with van der Waals surface area (Å²) < 4.78 is 5.45. The molecule has 20 heavy (non-hydrogen) atoms. The fourth-order valence-corrected chi connectivity index (χ4v) is 2.66. The van der Waals surface area contributed by atoms with Gasteiger partial charge in [0.15, 0.2) is 0 Å². The van der Waals surface area contributed by atoms with Crippen molar-refractivity contribution in [2.45, 2.75) is 19.8 Å². The molecule has 0 bridgehead atoms. The first-order chi connectivity index (χ1) is 9.69. The summed E-state index contributed by atoms with van der Waals surface area (Å²) in [6.45, 7) is 2.17. The van der Waals surface area contributed by atoms with E-state index in [2.05, 4.69) is 35.1 Å². The van der Waals surface area contributed by atoms with E-state index in [1.807, 2.05) is 6.07 Å². The minimum absolute atomic E-state index is 0.233. The van der Waals surface area contributed by atoms with Crippen LogP contribution in [-0.4, -0.2) is 17.1 Å². The molecule has 0 N–H and O–H groups in total. The van der Waals surface area contributed by atoms with Gasteiger partial charge in [-0.1, -0.05) is 17.7 Å². The average molecular weight is 287 g/mol. The van der Waals surface area contributed by atoms with Crippen molar-refractivity contribution < 1.29 is 4.74 Å². The Bertz CT molecular complexity index is 735. The summed E-state index contributed by atoms with van der Waals surface area (Å²) in [4.78, 5) is 8.30. The van der Waals surface area contributed by atoms with Crippen LogP contribution in [-0.2, 0) is 0 Å². The van der Waals surface area contributed by atoms with E-state index >= 15 is 0 Å². The Hall–Kier alpha value is -1.87. The molecule has 0 saturated heterocycles. The molecule has 1 aliphatic rings. The van der Waals surface area contributed by atoms with E-state index in [0.29, 0.717) is 0 Å². The Kier molecular flexibility index (Phi) is 3.45. The van der Waals surface area contributed by atoms with Crippen LogP contribution in [0, 0.1) is 0 Å². The molecule has 102 valence electrons. The Morgan fingerprint density at radius 3 is 2.90 bits per heavy atom. The first kappa shape index (κ1) is 13.1. The Balaban J connectivity index is 2.23. The second-order valence-electron chi connectivity index (χ2n) is 4.89. The summed E-state index contributed by atoms with van der Waals surface area (Å²) in [6, 6.07) is 4.10.